The second-order valence-electron chi connectivity index (χ2n) is 4.43. The van der Waals surface area contributed by atoms with Crippen LogP contribution in [0.1, 0.15) is 11.1 Å². The van der Waals surface area contributed by atoms with Crippen LogP contribution in [0.4, 0.5) is 0 Å². The van der Waals surface area contributed by atoms with Gasteiger partial charge >= 0.3 is 0 Å². The molecule has 0 aliphatic carbocycles. The maximum absolute atomic E-state index is 11.2. The van der Waals surface area contributed by atoms with Crippen LogP contribution in [0.3, 0.4) is 0 Å². The molecule has 1 amide bonds. The molecule has 0 unspecified atom stereocenters. The third-order valence-corrected chi connectivity index (χ3v) is 4.65. The van der Waals surface area contributed by atoms with Gasteiger partial charge in [-0.1, -0.05) is 47.5 Å². The number of nitrogens with one attached hydrogen (secondary N) is 1. The number of nitrogens with two attached hydrogens (primary N) is 1. The SMILES string of the molecule is NNC(=O)Cc1ccc(CSc2ccc(Cl)c(Cl)c2)cc1. The zero-order chi connectivity index (χ0) is 15.2. The predicted molar refractivity (Wildman–Crippen MR) is 88.5 cm³/mol. The standard InChI is InChI=1S/C15H14Cl2N2OS/c16-13-6-5-12(8-14(13)17)21-9-11-3-1-10(2-4-11)7-15(20)19-18/h1-6,8H,7,9,18H2,(H,19,20). The van der Waals surface area contributed by atoms with Crippen LogP contribution in [-0.2, 0) is 17.0 Å². The fraction of sp³-hybridized carbons (Fsp3) is 0.133. The highest BCUT2D eigenvalue weighted by Gasteiger charge is 2.03. The van der Waals surface area contributed by atoms with Crippen LogP contribution in [0.25, 0.3) is 0 Å². The molecule has 3 N–H and O–H groups in total. The first-order valence-corrected chi connectivity index (χ1v) is 7.98. The normalized spacial score (nSPS) is 10.4. The number of halogens is 2. The third kappa shape index (κ3) is 4.93. The lowest BCUT2D eigenvalue weighted by Gasteiger charge is -2.05. The summed E-state index contributed by atoms with van der Waals surface area (Å²) in [7, 11) is 0. The molecule has 2 rings (SSSR count). The lowest BCUT2D eigenvalue weighted by atomic mass is 10.1. The van der Waals surface area contributed by atoms with E-state index < -0.39 is 0 Å². The maximum Gasteiger partial charge on any atom is 0.238 e. The van der Waals surface area contributed by atoms with Gasteiger partial charge in [-0.25, -0.2) is 5.84 Å². The average Bonchev–Trinajstić information content (AvgIpc) is 2.50. The van der Waals surface area contributed by atoms with E-state index in [1.165, 1.54) is 5.56 Å². The number of hydrazine groups is 1. The molecule has 0 bridgehead atoms. The molecule has 2 aromatic carbocycles. The van der Waals surface area contributed by atoms with Gasteiger partial charge < -0.3 is 0 Å². The van der Waals surface area contributed by atoms with Crippen LogP contribution in [0.5, 0.6) is 0 Å². The van der Waals surface area contributed by atoms with Crippen LogP contribution in [-0.4, -0.2) is 5.91 Å². The molecular formula is C15H14Cl2N2OS. The van der Waals surface area contributed by atoms with Gasteiger partial charge in [0.1, 0.15) is 0 Å². The molecule has 0 aromatic heterocycles. The molecule has 6 heteroatoms. The van der Waals surface area contributed by atoms with Gasteiger partial charge in [0.25, 0.3) is 0 Å². The van der Waals surface area contributed by atoms with Crippen molar-refractivity contribution in [1.29, 1.82) is 0 Å². The van der Waals surface area contributed by atoms with Crippen molar-refractivity contribution in [3.05, 3.63) is 63.6 Å². The molecule has 2 aromatic rings. The van der Waals surface area contributed by atoms with E-state index >= 15 is 0 Å². The summed E-state index contributed by atoms with van der Waals surface area (Å²) in [5, 5.41) is 1.12. The summed E-state index contributed by atoms with van der Waals surface area (Å²) in [6.45, 7) is 0. The zero-order valence-corrected chi connectivity index (χ0v) is 13.4. The summed E-state index contributed by atoms with van der Waals surface area (Å²) in [5.74, 6) is 5.68. The lowest BCUT2D eigenvalue weighted by molar-refractivity contribution is -0.120. The van der Waals surface area contributed by atoms with Gasteiger partial charge in [0, 0.05) is 10.6 Å². The van der Waals surface area contributed by atoms with Gasteiger partial charge in [-0.05, 0) is 29.3 Å². The Morgan fingerprint density at radius 2 is 1.71 bits per heavy atom. The first-order valence-electron chi connectivity index (χ1n) is 6.23. The van der Waals surface area contributed by atoms with Gasteiger partial charge in [-0.3, -0.25) is 10.2 Å². The molecule has 21 heavy (non-hydrogen) atoms. The molecule has 0 fully saturated rings. The number of benzene rings is 2. The Bertz CT molecular complexity index is 632. The number of carbonyl (C=O) groups is 1. The minimum absolute atomic E-state index is 0.201. The molecular weight excluding hydrogens is 327 g/mol. The third-order valence-electron chi connectivity index (χ3n) is 2.85. The Morgan fingerprint density at radius 3 is 2.33 bits per heavy atom. The van der Waals surface area contributed by atoms with E-state index in [1.54, 1.807) is 17.8 Å². The summed E-state index contributed by atoms with van der Waals surface area (Å²) in [5.41, 5.74) is 4.22. The Morgan fingerprint density at radius 1 is 1.05 bits per heavy atom. The quantitative estimate of drug-likeness (QED) is 0.376. The molecule has 0 radical (unpaired) electrons. The first-order chi connectivity index (χ1) is 10.1. The molecule has 0 aliphatic rings. The molecule has 0 atom stereocenters. The van der Waals surface area contributed by atoms with Gasteiger partial charge in [0.05, 0.1) is 16.5 Å². The summed E-state index contributed by atoms with van der Waals surface area (Å²) in [6.07, 6.45) is 0.288. The Labute approximate surface area is 137 Å². The van der Waals surface area contributed by atoms with Crippen molar-refractivity contribution in [2.24, 2.45) is 5.84 Å². The fourth-order valence-electron chi connectivity index (χ4n) is 1.72. The number of hydrogen-bond acceptors (Lipinski definition) is 3. The van der Waals surface area contributed by atoms with Crippen molar-refractivity contribution in [3.63, 3.8) is 0 Å². The minimum Gasteiger partial charge on any atom is -0.294 e. The second kappa shape index (κ2) is 7.71. The summed E-state index contributed by atoms with van der Waals surface area (Å²) in [4.78, 5) is 12.2. The van der Waals surface area contributed by atoms with Crippen molar-refractivity contribution in [3.8, 4) is 0 Å². The smallest absolute Gasteiger partial charge is 0.238 e. The Balaban J connectivity index is 1.94. The topological polar surface area (TPSA) is 55.1 Å². The predicted octanol–water partition coefficient (Wildman–Crippen LogP) is 3.82. The van der Waals surface area contributed by atoms with Crippen LogP contribution >= 0.6 is 35.0 Å². The Kier molecular flexibility index (Phi) is 5.94. The summed E-state index contributed by atoms with van der Waals surface area (Å²) < 4.78 is 0. The Hall–Kier alpha value is -1.20. The largest absolute Gasteiger partial charge is 0.294 e. The van der Waals surface area contributed by atoms with Gasteiger partial charge in [0.15, 0.2) is 0 Å². The number of thioether (sulfide) groups is 1. The molecule has 110 valence electrons. The molecule has 0 aliphatic heterocycles. The van der Waals surface area contributed by atoms with Crippen molar-refractivity contribution >= 4 is 40.9 Å². The highest BCUT2D eigenvalue weighted by molar-refractivity contribution is 7.98. The minimum atomic E-state index is -0.201. The van der Waals surface area contributed by atoms with E-state index in [0.29, 0.717) is 10.0 Å². The fourth-order valence-corrected chi connectivity index (χ4v) is 2.98. The van der Waals surface area contributed by atoms with E-state index in [4.69, 9.17) is 29.0 Å². The lowest BCUT2D eigenvalue weighted by Crippen LogP contribution is -2.31. The monoisotopic (exact) mass is 340 g/mol. The number of rotatable bonds is 5. The van der Waals surface area contributed by atoms with Gasteiger partial charge in [-0.15, -0.1) is 11.8 Å². The van der Waals surface area contributed by atoms with E-state index in [-0.39, 0.29) is 12.3 Å². The van der Waals surface area contributed by atoms with Crippen molar-refractivity contribution < 1.29 is 4.79 Å². The van der Waals surface area contributed by atoms with Crippen LogP contribution in [0.15, 0.2) is 47.4 Å². The van der Waals surface area contributed by atoms with Crippen molar-refractivity contribution in [1.82, 2.24) is 5.43 Å². The number of carbonyl (C=O) groups excluding carboxylic acids is 1. The number of hydrogen-bond donors (Lipinski definition) is 2. The molecule has 0 saturated carbocycles. The van der Waals surface area contributed by atoms with Crippen molar-refractivity contribution in [2.75, 3.05) is 0 Å². The first kappa shape index (κ1) is 16.2. The summed E-state index contributed by atoms with van der Waals surface area (Å²) in [6, 6.07) is 13.5. The maximum atomic E-state index is 11.2. The van der Waals surface area contributed by atoms with E-state index in [2.05, 4.69) is 5.43 Å². The van der Waals surface area contributed by atoms with Gasteiger partial charge in [0.2, 0.25) is 5.91 Å². The van der Waals surface area contributed by atoms with Gasteiger partial charge in [-0.2, -0.15) is 0 Å². The van der Waals surface area contributed by atoms with Crippen molar-refractivity contribution in [2.45, 2.75) is 17.1 Å². The van der Waals surface area contributed by atoms with E-state index in [9.17, 15) is 4.79 Å². The average molecular weight is 341 g/mol. The molecule has 0 spiro atoms. The molecule has 3 nitrogen and oxygen atoms in total. The van der Waals surface area contributed by atoms with Crippen LogP contribution in [0, 0.1) is 0 Å². The molecule has 0 heterocycles. The van der Waals surface area contributed by atoms with Crippen LogP contribution < -0.4 is 11.3 Å². The highest BCUT2D eigenvalue weighted by atomic mass is 35.5. The van der Waals surface area contributed by atoms with E-state index in [1.807, 2.05) is 36.4 Å². The summed E-state index contributed by atoms with van der Waals surface area (Å²) >= 11 is 13.5. The molecule has 0 saturated heterocycles. The number of amides is 1. The van der Waals surface area contributed by atoms with Crippen LogP contribution in [0.2, 0.25) is 10.0 Å². The zero-order valence-electron chi connectivity index (χ0n) is 11.1. The highest BCUT2D eigenvalue weighted by Crippen LogP contribution is 2.29. The second-order valence-corrected chi connectivity index (χ2v) is 6.29. The van der Waals surface area contributed by atoms with E-state index in [0.717, 1.165) is 16.2 Å².